The molecule has 0 aromatic carbocycles. The number of esters is 1. The van der Waals surface area contributed by atoms with Gasteiger partial charge in [0.1, 0.15) is 12.0 Å². The second-order valence-corrected chi connectivity index (χ2v) is 4.01. The van der Waals surface area contributed by atoms with Crippen molar-refractivity contribution in [3.8, 4) is 0 Å². The number of hydrogen-bond donors (Lipinski definition) is 1. The highest BCUT2D eigenvalue weighted by Crippen LogP contribution is 2.08. The highest BCUT2D eigenvalue weighted by atomic mass is 16.5. The van der Waals surface area contributed by atoms with Crippen LogP contribution in [-0.2, 0) is 16.1 Å². The van der Waals surface area contributed by atoms with Crippen molar-refractivity contribution in [2.24, 2.45) is 0 Å². The summed E-state index contributed by atoms with van der Waals surface area (Å²) in [6.45, 7) is 1.03. The molecule has 1 heterocycles. The average Bonchev–Trinajstić information content (AvgIpc) is 2.81. The third-order valence-corrected chi connectivity index (χ3v) is 2.39. The first-order valence-electron chi connectivity index (χ1n) is 5.61. The zero-order valence-electron chi connectivity index (χ0n) is 10.9. The third-order valence-electron chi connectivity index (χ3n) is 2.39. The van der Waals surface area contributed by atoms with Gasteiger partial charge in [-0.25, -0.2) is 4.79 Å². The normalized spacial score (nSPS) is 10.2. The number of amides is 1. The van der Waals surface area contributed by atoms with Gasteiger partial charge in [0.05, 0.1) is 19.2 Å². The van der Waals surface area contributed by atoms with Crippen molar-refractivity contribution in [1.82, 2.24) is 10.2 Å². The van der Waals surface area contributed by atoms with Gasteiger partial charge in [-0.15, -0.1) is 0 Å². The third kappa shape index (κ3) is 4.21. The van der Waals surface area contributed by atoms with Crippen LogP contribution in [0.5, 0.6) is 0 Å². The lowest BCUT2D eigenvalue weighted by Crippen LogP contribution is -2.26. The fourth-order valence-electron chi connectivity index (χ4n) is 1.33. The minimum Gasteiger partial charge on any atom is -0.467 e. The first-order valence-corrected chi connectivity index (χ1v) is 5.61. The van der Waals surface area contributed by atoms with E-state index >= 15 is 0 Å². The molecule has 100 valence electrons. The smallest absolute Gasteiger partial charge is 0.341 e. The molecule has 1 aromatic rings. The summed E-state index contributed by atoms with van der Waals surface area (Å²) in [5.41, 5.74) is 0.388. The molecule has 0 saturated heterocycles. The molecule has 0 aliphatic carbocycles. The fourth-order valence-corrected chi connectivity index (χ4v) is 1.33. The quantitative estimate of drug-likeness (QED) is 0.595. The van der Waals surface area contributed by atoms with Crippen molar-refractivity contribution in [2.75, 3.05) is 27.7 Å². The Morgan fingerprint density at radius 1 is 1.44 bits per heavy atom. The van der Waals surface area contributed by atoms with E-state index in [2.05, 4.69) is 10.1 Å². The van der Waals surface area contributed by atoms with Crippen molar-refractivity contribution in [3.63, 3.8) is 0 Å². The maximum absolute atomic E-state index is 11.3. The van der Waals surface area contributed by atoms with E-state index in [4.69, 9.17) is 4.42 Å². The van der Waals surface area contributed by atoms with Gasteiger partial charge in [-0.1, -0.05) is 0 Å². The van der Waals surface area contributed by atoms with Crippen molar-refractivity contribution in [3.05, 3.63) is 23.7 Å². The lowest BCUT2D eigenvalue weighted by molar-refractivity contribution is -0.128. The van der Waals surface area contributed by atoms with Crippen molar-refractivity contribution in [2.45, 2.75) is 13.0 Å². The van der Waals surface area contributed by atoms with E-state index in [-0.39, 0.29) is 5.91 Å². The Bertz CT molecular complexity index is 412. The number of furan rings is 1. The van der Waals surface area contributed by atoms with Gasteiger partial charge in [0.25, 0.3) is 0 Å². The Balaban J connectivity index is 2.30. The molecule has 0 unspecified atom stereocenters. The molecular weight excluding hydrogens is 236 g/mol. The zero-order chi connectivity index (χ0) is 13.5. The van der Waals surface area contributed by atoms with Crippen LogP contribution in [0.4, 0.5) is 0 Å². The molecule has 1 amide bonds. The van der Waals surface area contributed by atoms with E-state index in [1.807, 2.05) is 0 Å². The van der Waals surface area contributed by atoms with Crippen molar-refractivity contribution < 1.29 is 18.7 Å². The van der Waals surface area contributed by atoms with E-state index < -0.39 is 5.97 Å². The van der Waals surface area contributed by atoms with Crippen LogP contribution in [0.1, 0.15) is 22.5 Å². The van der Waals surface area contributed by atoms with Gasteiger partial charge >= 0.3 is 5.97 Å². The SMILES string of the molecule is COC(=O)c1coc(CNCCC(=O)N(C)C)c1. The minimum atomic E-state index is -0.423. The first-order chi connectivity index (χ1) is 8.54. The van der Waals surface area contributed by atoms with E-state index in [1.54, 1.807) is 25.1 Å². The summed E-state index contributed by atoms with van der Waals surface area (Å²) in [7, 11) is 4.76. The van der Waals surface area contributed by atoms with Crippen LogP contribution in [0, 0.1) is 0 Å². The van der Waals surface area contributed by atoms with E-state index in [1.165, 1.54) is 13.4 Å². The van der Waals surface area contributed by atoms with E-state index in [9.17, 15) is 9.59 Å². The number of nitrogens with zero attached hydrogens (tertiary/aromatic N) is 1. The van der Waals surface area contributed by atoms with Crippen LogP contribution in [0.15, 0.2) is 16.7 Å². The highest BCUT2D eigenvalue weighted by Gasteiger charge is 2.10. The number of carbonyl (C=O) groups is 2. The maximum atomic E-state index is 11.3. The van der Waals surface area contributed by atoms with Crippen LogP contribution >= 0.6 is 0 Å². The number of rotatable bonds is 6. The van der Waals surface area contributed by atoms with Crippen LogP contribution in [0.2, 0.25) is 0 Å². The largest absolute Gasteiger partial charge is 0.467 e. The molecule has 0 aliphatic rings. The minimum absolute atomic E-state index is 0.0668. The zero-order valence-corrected chi connectivity index (χ0v) is 10.9. The number of nitrogens with one attached hydrogen (secondary N) is 1. The van der Waals surface area contributed by atoms with Crippen LogP contribution in [0.25, 0.3) is 0 Å². The number of methoxy groups -OCH3 is 1. The van der Waals surface area contributed by atoms with Gasteiger partial charge in [-0.2, -0.15) is 0 Å². The van der Waals surface area contributed by atoms with Crippen LogP contribution < -0.4 is 5.32 Å². The average molecular weight is 254 g/mol. The molecule has 0 radical (unpaired) electrons. The summed E-state index contributed by atoms with van der Waals surface area (Å²) in [6.07, 6.45) is 1.78. The molecule has 1 N–H and O–H groups in total. The summed E-state index contributed by atoms with van der Waals surface area (Å²) >= 11 is 0. The maximum Gasteiger partial charge on any atom is 0.341 e. The predicted molar refractivity (Wildman–Crippen MR) is 65.1 cm³/mol. The van der Waals surface area contributed by atoms with Crippen LogP contribution in [0.3, 0.4) is 0 Å². The first kappa shape index (κ1) is 14.2. The highest BCUT2D eigenvalue weighted by molar-refractivity contribution is 5.88. The predicted octanol–water partition coefficient (Wildman–Crippen LogP) is 0.634. The molecular formula is C12H18N2O4. The van der Waals surface area contributed by atoms with Gasteiger partial charge in [-0.3, -0.25) is 4.79 Å². The molecule has 0 aliphatic heterocycles. The van der Waals surface area contributed by atoms with Gasteiger partial charge in [0.2, 0.25) is 5.91 Å². The second kappa shape index (κ2) is 6.80. The molecule has 18 heavy (non-hydrogen) atoms. The molecule has 1 aromatic heterocycles. The Hall–Kier alpha value is -1.82. The monoisotopic (exact) mass is 254 g/mol. The summed E-state index contributed by atoms with van der Waals surface area (Å²) in [4.78, 5) is 24.0. The molecule has 0 bridgehead atoms. The van der Waals surface area contributed by atoms with Crippen molar-refractivity contribution in [1.29, 1.82) is 0 Å². The topological polar surface area (TPSA) is 71.8 Å². The molecule has 6 nitrogen and oxygen atoms in total. The number of carbonyl (C=O) groups excluding carboxylic acids is 2. The van der Waals surface area contributed by atoms with E-state index in [0.717, 1.165) is 0 Å². The Labute approximate surface area is 106 Å². The van der Waals surface area contributed by atoms with Crippen molar-refractivity contribution >= 4 is 11.9 Å². The molecule has 1 rings (SSSR count). The molecule has 6 heteroatoms. The fraction of sp³-hybridized carbons (Fsp3) is 0.500. The molecule has 0 spiro atoms. The summed E-state index contributed by atoms with van der Waals surface area (Å²) in [6, 6.07) is 1.62. The summed E-state index contributed by atoms with van der Waals surface area (Å²) in [5, 5.41) is 3.06. The van der Waals surface area contributed by atoms with Gasteiger partial charge < -0.3 is 19.4 Å². The Morgan fingerprint density at radius 3 is 2.78 bits per heavy atom. The van der Waals surface area contributed by atoms with Gasteiger partial charge in [-0.05, 0) is 6.07 Å². The lowest BCUT2D eigenvalue weighted by atomic mass is 10.3. The molecule has 0 fully saturated rings. The summed E-state index contributed by atoms with van der Waals surface area (Å²) < 4.78 is 9.75. The van der Waals surface area contributed by atoms with Crippen LogP contribution in [-0.4, -0.2) is 44.5 Å². The number of ether oxygens (including phenoxy) is 1. The number of hydrogen-bond acceptors (Lipinski definition) is 5. The second-order valence-electron chi connectivity index (χ2n) is 4.01. The molecule has 0 saturated carbocycles. The Kier molecular flexibility index (Phi) is 5.38. The van der Waals surface area contributed by atoms with E-state index in [0.29, 0.717) is 30.8 Å². The summed E-state index contributed by atoms with van der Waals surface area (Å²) in [5.74, 6) is 0.276. The standard InChI is InChI=1S/C12H18N2O4/c1-14(2)11(15)4-5-13-7-10-6-9(8-18-10)12(16)17-3/h6,8,13H,4-5,7H2,1-3H3. The van der Waals surface area contributed by atoms with Gasteiger partial charge in [0.15, 0.2) is 0 Å². The lowest BCUT2D eigenvalue weighted by Gasteiger charge is -2.09. The van der Waals surface area contributed by atoms with Gasteiger partial charge in [0, 0.05) is 27.1 Å². The Morgan fingerprint density at radius 2 is 2.17 bits per heavy atom. The molecule has 0 atom stereocenters.